The normalized spacial score (nSPS) is 14.5. The Morgan fingerprint density at radius 3 is 3.07 bits per heavy atom. The summed E-state index contributed by atoms with van der Waals surface area (Å²) in [5, 5.41) is 0. The fraction of sp³-hybridized carbons (Fsp3) is 0.455. The molecule has 3 nitrogen and oxygen atoms in total. The zero-order valence-corrected chi connectivity index (χ0v) is 10.0. The predicted octanol–water partition coefficient (Wildman–Crippen LogP) is 2.21. The maximum Gasteiger partial charge on any atom is 0.189 e. The third-order valence-corrected chi connectivity index (χ3v) is 3.25. The van der Waals surface area contributed by atoms with Crippen molar-refractivity contribution in [2.24, 2.45) is 5.73 Å². The minimum Gasteiger partial charge on any atom is -0.467 e. The second-order valence-electron chi connectivity index (χ2n) is 3.51. The molecule has 1 heterocycles. The first-order chi connectivity index (χ1) is 7.33. The SMILES string of the molecule is NCCCc1c(Br)ccc2c1COCO2. The van der Waals surface area contributed by atoms with E-state index < -0.39 is 0 Å². The van der Waals surface area contributed by atoms with Crippen molar-refractivity contribution in [3.63, 3.8) is 0 Å². The van der Waals surface area contributed by atoms with Gasteiger partial charge >= 0.3 is 0 Å². The van der Waals surface area contributed by atoms with Crippen molar-refractivity contribution in [3.05, 3.63) is 27.7 Å². The molecule has 1 aliphatic heterocycles. The molecule has 0 unspecified atom stereocenters. The lowest BCUT2D eigenvalue weighted by molar-refractivity contribution is -0.0168. The molecule has 4 heteroatoms. The molecule has 0 atom stereocenters. The van der Waals surface area contributed by atoms with Gasteiger partial charge in [-0.1, -0.05) is 15.9 Å². The van der Waals surface area contributed by atoms with Crippen LogP contribution in [0.5, 0.6) is 5.75 Å². The second kappa shape index (κ2) is 4.96. The summed E-state index contributed by atoms with van der Waals surface area (Å²) in [4.78, 5) is 0. The van der Waals surface area contributed by atoms with Gasteiger partial charge in [-0.2, -0.15) is 0 Å². The van der Waals surface area contributed by atoms with E-state index in [0.29, 0.717) is 19.9 Å². The lowest BCUT2D eigenvalue weighted by atomic mass is 10.0. The zero-order valence-electron chi connectivity index (χ0n) is 8.46. The number of fused-ring (bicyclic) bond motifs is 1. The van der Waals surface area contributed by atoms with Crippen LogP contribution in [0.4, 0.5) is 0 Å². The summed E-state index contributed by atoms with van der Waals surface area (Å²) in [6, 6.07) is 4.00. The number of hydrogen-bond acceptors (Lipinski definition) is 3. The molecular weight excluding hydrogens is 258 g/mol. The van der Waals surface area contributed by atoms with Gasteiger partial charge in [-0.25, -0.2) is 0 Å². The van der Waals surface area contributed by atoms with Crippen LogP contribution >= 0.6 is 15.9 Å². The molecule has 82 valence electrons. The second-order valence-corrected chi connectivity index (χ2v) is 4.36. The Morgan fingerprint density at radius 2 is 2.27 bits per heavy atom. The van der Waals surface area contributed by atoms with Crippen LogP contribution in [0.15, 0.2) is 16.6 Å². The molecule has 0 saturated carbocycles. The first-order valence-electron chi connectivity index (χ1n) is 5.04. The van der Waals surface area contributed by atoms with E-state index >= 15 is 0 Å². The molecule has 0 aromatic heterocycles. The lowest BCUT2D eigenvalue weighted by Gasteiger charge is -2.21. The average molecular weight is 272 g/mol. The maximum atomic E-state index is 5.52. The highest BCUT2D eigenvalue weighted by atomic mass is 79.9. The van der Waals surface area contributed by atoms with Crippen LogP contribution in [-0.4, -0.2) is 13.3 Å². The number of halogens is 1. The molecular formula is C11H14BrNO2. The molecule has 1 aliphatic rings. The van der Waals surface area contributed by atoms with Gasteiger partial charge in [0, 0.05) is 10.0 Å². The largest absolute Gasteiger partial charge is 0.467 e. The van der Waals surface area contributed by atoms with E-state index in [1.54, 1.807) is 0 Å². The molecule has 0 aliphatic carbocycles. The lowest BCUT2D eigenvalue weighted by Crippen LogP contribution is -2.14. The van der Waals surface area contributed by atoms with Crippen molar-refractivity contribution in [1.82, 2.24) is 0 Å². The Balaban J connectivity index is 2.32. The first-order valence-corrected chi connectivity index (χ1v) is 5.83. The number of ether oxygens (including phenoxy) is 2. The molecule has 0 bridgehead atoms. The monoisotopic (exact) mass is 271 g/mol. The van der Waals surface area contributed by atoms with Crippen molar-refractivity contribution in [1.29, 1.82) is 0 Å². The van der Waals surface area contributed by atoms with E-state index in [9.17, 15) is 0 Å². The molecule has 0 fully saturated rings. The number of hydrogen-bond donors (Lipinski definition) is 1. The van der Waals surface area contributed by atoms with Crippen LogP contribution in [0, 0.1) is 0 Å². The van der Waals surface area contributed by atoms with Gasteiger partial charge in [0.05, 0.1) is 6.61 Å². The summed E-state index contributed by atoms with van der Waals surface area (Å²) in [5.74, 6) is 0.941. The Bertz CT molecular complexity index is 355. The van der Waals surface area contributed by atoms with Gasteiger partial charge in [0.1, 0.15) is 5.75 Å². The van der Waals surface area contributed by atoms with Crippen molar-refractivity contribution in [2.45, 2.75) is 19.4 Å². The highest BCUT2D eigenvalue weighted by molar-refractivity contribution is 9.10. The van der Waals surface area contributed by atoms with E-state index in [0.717, 1.165) is 28.6 Å². The number of benzene rings is 1. The Hall–Kier alpha value is -0.580. The van der Waals surface area contributed by atoms with Gasteiger partial charge in [0.15, 0.2) is 6.79 Å². The van der Waals surface area contributed by atoms with Gasteiger partial charge in [-0.15, -0.1) is 0 Å². The van der Waals surface area contributed by atoms with Crippen LogP contribution in [-0.2, 0) is 17.8 Å². The Kier molecular flexibility index (Phi) is 3.61. The van der Waals surface area contributed by atoms with Crippen molar-refractivity contribution >= 4 is 15.9 Å². The third kappa shape index (κ3) is 2.33. The van der Waals surface area contributed by atoms with E-state index in [1.165, 1.54) is 5.56 Å². The van der Waals surface area contributed by atoms with Crippen LogP contribution in [0.1, 0.15) is 17.5 Å². The maximum absolute atomic E-state index is 5.52. The molecule has 1 aromatic carbocycles. The summed E-state index contributed by atoms with van der Waals surface area (Å²) in [6.07, 6.45) is 1.95. The topological polar surface area (TPSA) is 44.5 Å². The van der Waals surface area contributed by atoms with Crippen molar-refractivity contribution < 1.29 is 9.47 Å². The fourth-order valence-corrected chi connectivity index (χ4v) is 2.30. The Labute approximate surface area is 97.7 Å². The minimum absolute atomic E-state index is 0.352. The average Bonchev–Trinajstić information content (AvgIpc) is 2.28. The first kappa shape index (κ1) is 10.9. The van der Waals surface area contributed by atoms with E-state index in [2.05, 4.69) is 15.9 Å². The standard InChI is InChI=1S/C11H14BrNO2/c12-10-3-4-11-9(6-14-7-15-11)8(10)2-1-5-13/h3-4H,1-2,5-7,13H2. The summed E-state index contributed by atoms with van der Waals surface area (Å²) >= 11 is 3.55. The fourth-order valence-electron chi connectivity index (χ4n) is 1.73. The summed E-state index contributed by atoms with van der Waals surface area (Å²) < 4.78 is 11.8. The molecule has 2 N–H and O–H groups in total. The molecule has 1 aromatic rings. The zero-order chi connectivity index (χ0) is 10.7. The van der Waals surface area contributed by atoms with Crippen LogP contribution in [0.25, 0.3) is 0 Å². The molecule has 15 heavy (non-hydrogen) atoms. The quantitative estimate of drug-likeness (QED) is 0.917. The molecule has 0 radical (unpaired) electrons. The van der Waals surface area contributed by atoms with E-state index in [-0.39, 0.29) is 0 Å². The highest BCUT2D eigenvalue weighted by Gasteiger charge is 2.16. The summed E-state index contributed by atoms with van der Waals surface area (Å²) in [6.45, 7) is 1.69. The van der Waals surface area contributed by atoms with E-state index in [1.807, 2.05) is 12.1 Å². The number of nitrogens with two attached hydrogens (primary N) is 1. The van der Waals surface area contributed by atoms with Crippen molar-refractivity contribution in [3.8, 4) is 5.75 Å². The van der Waals surface area contributed by atoms with Crippen LogP contribution in [0.3, 0.4) is 0 Å². The van der Waals surface area contributed by atoms with E-state index in [4.69, 9.17) is 15.2 Å². The highest BCUT2D eigenvalue weighted by Crippen LogP contribution is 2.32. The Morgan fingerprint density at radius 1 is 1.40 bits per heavy atom. The van der Waals surface area contributed by atoms with Gasteiger partial charge in [0.25, 0.3) is 0 Å². The van der Waals surface area contributed by atoms with Gasteiger partial charge in [-0.3, -0.25) is 0 Å². The third-order valence-electron chi connectivity index (χ3n) is 2.51. The van der Waals surface area contributed by atoms with Gasteiger partial charge in [0.2, 0.25) is 0 Å². The molecule has 0 saturated heterocycles. The number of rotatable bonds is 3. The predicted molar refractivity (Wildman–Crippen MR) is 61.8 cm³/mol. The van der Waals surface area contributed by atoms with Crippen LogP contribution < -0.4 is 10.5 Å². The smallest absolute Gasteiger partial charge is 0.189 e. The molecule has 0 spiro atoms. The summed E-state index contributed by atoms with van der Waals surface area (Å²) in [5.41, 5.74) is 7.94. The van der Waals surface area contributed by atoms with Crippen LogP contribution in [0.2, 0.25) is 0 Å². The minimum atomic E-state index is 0.352. The molecule has 2 rings (SSSR count). The molecule has 0 amide bonds. The summed E-state index contributed by atoms with van der Waals surface area (Å²) in [7, 11) is 0. The van der Waals surface area contributed by atoms with Crippen molar-refractivity contribution in [2.75, 3.05) is 13.3 Å². The van der Waals surface area contributed by atoms with Gasteiger partial charge < -0.3 is 15.2 Å². The van der Waals surface area contributed by atoms with Gasteiger partial charge in [-0.05, 0) is 37.1 Å².